The molecular weight excluding hydrogens is 592 g/mol. The van der Waals surface area contributed by atoms with Gasteiger partial charge in [0.05, 0.1) is 22.3 Å². The number of fused-ring (bicyclic) bond motifs is 7. The fourth-order valence-electron chi connectivity index (χ4n) is 6.64. The standard InChI is InChI=1S/C42H24N4O2/c1-4-19-34-25(10-1)22-23-35(43-34)26-11-7-12-27(24-26)40-44-41(32-17-8-15-30-28-13-2-5-20-36(28)47-38(30)32)46-42(45-40)33-18-9-16-31-29-14-3-6-21-37(29)48-39(31)33/h1-24H. The Balaban J connectivity index is 1.21. The van der Waals surface area contributed by atoms with Crippen molar-refractivity contribution in [2.45, 2.75) is 0 Å². The van der Waals surface area contributed by atoms with E-state index in [1.807, 2.05) is 91.0 Å². The van der Waals surface area contributed by atoms with E-state index >= 15 is 0 Å². The summed E-state index contributed by atoms with van der Waals surface area (Å²) in [6, 6.07) is 48.8. The highest BCUT2D eigenvalue weighted by atomic mass is 16.3. The summed E-state index contributed by atoms with van der Waals surface area (Å²) in [6.45, 7) is 0. The maximum atomic E-state index is 6.42. The lowest BCUT2D eigenvalue weighted by molar-refractivity contribution is 0.669. The highest BCUT2D eigenvalue weighted by Gasteiger charge is 2.20. The number of aromatic nitrogens is 4. The molecule has 0 saturated heterocycles. The molecule has 48 heavy (non-hydrogen) atoms. The van der Waals surface area contributed by atoms with Gasteiger partial charge in [-0.15, -0.1) is 0 Å². The molecule has 4 aromatic heterocycles. The molecule has 0 atom stereocenters. The maximum Gasteiger partial charge on any atom is 0.167 e. The average Bonchev–Trinajstić information content (AvgIpc) is 3.73. The van der Waals surface area contributed by atoms with Gasteiger partial charge in [0.2, 0.25) is 0 Å². The van der Waals surface area contributed by atoms with Crippen molar-refractivity contribution in [3.63, 3.8) is 0 Å². The number of benzene rings is 6. The molecule has 6 aromatic carbocycles. The van der Waals surface area contributed by atoms with Crippen LogP contribution in [0.3, 0.4) is 0 Å². The second-order valence-electron chi connectivity index (χ2n) is 11.8. The third kappa shape index (κ3) is 4.20. The zero-order chi connectivity index (χ0) is 31.6. The van der Waals surface area contributed by atoms with Crippen LogP contribution in [-0.4, -0.2) is 19.9 Å². The third-order valence-electron chi connectivity index (χ3n) is 8.94. The highest BCUT2D eigenvalue weighted by molar-refractivity contribution is 6.10. The molecule has 6 heteroatoms. The van der Waals surface area contributed by atoms with Crippen LogP contribution >= 0.6 is 0 Å². The lowest BCUT2D eigenvalue weighted by Gasteiger charge is -2.10. The Kier molecular flexibility index (Phi) is 5.77. The molecule has 4 heterocycles. The number of nitrogens with zero attached hydrogens (tertiary/aromatic N) is 4. The van der Waals surface area contributed by atoms with E-state index < -0.39 is 0 Å². The van der Waals surface area contributed by atoms with Crippen LogP contribution in [0.2, 0.25) is 0 Å². The molecule has 10 rings (SSSR count). The first-order valence-electron chi connectivity index (χ1n) is 15.8. The molecule has 224 valence electrons. The van der Waals surface area contributed by atoms with Gasteiger partial charge in [0, 0.05) is 38.1 Å². The van der Waals surface area contributed by atoms with Gasteiger partial charge in [0.25, 0.3) is 0 Å². The Labute approximate surface area is 274 Å². The van der Waals surface area contributed by atoms with Crippen LogP contribution in [0.4, 0.5) is 0 Å². The lowest BCUT2D eigenvalue weighted by Crippen LogP contribution is -2.00. The summed E-state index contributed by atoms with van der Waals surface area (Å²) in [6.07, 6.45) is 0. The Bertz CT molecular complexity index is 2740. The quantitative estimate of drug-likeness (QED) is 0.196. The minimum atomic E-state index is 0.516. The molecule has 0 N–H and O–H groups in total. The van der Waals surface area contributed by atoms with Gasteiger partial charge in [-0.25, -0.2) is 19.9 Å². The van der Waals surface area contributed by atoms with Gasteiger partial charge in [0.1, 0.15) is 22.3 Å². The maximum absolute atomic E-state index is 6.42. The van der Waals surface area contributed by atoms with E-state index in [2.05, 4.69) is 54.6 Å². The molecule has 0 fully saturated rings. The van der Waals surface area contributed by atoms with Gasteiger partial charge in [-0.05, 0) is 42.5 Å². The van der Waals surface area contributed by atoms with Crippen LogP contribution in [0.5, 0.6) is 0 Å². The number of hydrogen-bond acceptors (Lipinski definition) is 6. The van der Waals surface area contributed by atoms with Gasteiger partial charge in [-0.1, -0.05) is 103 Å². The summed E-state index contributed by atoms with van der Waals surface area (Å²) >= 11 is 0. The molecule has 0 bridgehead atoms. The van der Waals surface area contributed by atoms with E-state index in [-0.39, 0.29) is 0 Å². The molecule has 0 aliphatic carbocycles. The first-order valence-corrected chi connectivity index (χ1v) is 15.8. The Morgan fingerprint density at radius 1 is 0.375 bits per heavy atom. The number of rotatable bonds is 4. The summed E-state index contributed by atoms with van der Waals surface area (Å²) < 4.78 is 12.8. The highest BCUT2D eigenvalue weighted by Crippen LogP contribution is 2.38. The summed E-state index contributed by atoms with van der Waals surface area (Å²) in [7, 11) is 0. The van der Waals surface area contributed by atoms with Crippen LogP contribution in [0.25, 0.3) is 100 Å². The van der Waals surface area contributed by atoms with Gasteiger partial charge >= 0.3 is 0 Å². The second-order valence-corrected chi connectivity index (χ2v) is 11.8. The van der Waals surface area contributed by atoms with E-state index in [9.17, 15) is 0 Å². The first-order chi connectivity index (χ1) is 23.8. The average molecular weight is 617 g/mol. The zero-order valence-corrected chi connectivity index (χ0v) is 25.5. The number of pyridine rings is 1. The van der Waals surface area contributed by atoms with Crippen LogP contribution < -0.4 is 0 Å². The van der Waals surface area contributed by atoms with Crippen LogP contribution in [0, 0.1) is 0 Å². The van der Waals surface area contributed by atoms with E-state index in [1.54, 1.807) is 0 Å². The number of para-hydroxylation sites is 5. The van der Waals surface area contributed by atoms with Crippen molar-refractivity contribution in [1.29, 1.82) is 0 Å². The first kappa shape index (κ1) is 26.5. The predicted octanol–water partition coefficient (Wildman–Crippen LogP) is 10.9. The van der Waals surface area contributed by atoms with Gasteiger partial charge in [0.15, 0.2) is 17.5 Å². The lowest BCUT2D eigenvalue weighted by atomic mass is 10.0. The molecule has 0 amide bonds. The summed E-state index contributed by atoms with van der Waals surface area (Å²) in [4.78, 5) is 20.2. The van der Waals surface area contributed by atoms with E-state index in [4.69, 9.17) is 28.8 Å². The van der Waals surface area contributed by atoms with Crippen LogP contribution in [-0.2, 0) is 0 Å². The number of furan rings is 2. The number of hydrogen-bond donors (Lipinski definition) is 0. The zero-order valence-electron chi connectivity index (χ0n) is 25.5. The fourth-order valence-corrected chi connectivity index (χ4v) is 6.64. The second kappa shape index (κ2) is 10.4. The van der Waals surface area contributed by atoms with Crippen molar-refractivity contribution in [3.05, 3.63) is 146 Å². The Hall–Kier alpha value is -6.66. The third-order valence-corrected chi connectivity index (χ3v) is 8.94. The van der Waals surface area contributed by atoms with Crippen molar-refractivity contribution >= 4 is 54.8 Å². The van der Waals surface area contributed by atoms with Gasteiger partial charge < -0.3 is 8.83 Å². The Morgan fingerprint density at radius 2 is 0.917 bits per heavy atom. The van der Waals surface area contributed by atoms with Gasteiger partial charge in [-0.2, -0.15) is 0 Å². The summed E-state index contributed by atoms with van der Waals surface area (Å²) in [5.74, 6) is 1.57. The van der Waals surface area contributed by atoms with Crippen molar-refractivity contribution in [3.8, 4) is 45.4 Å². The molecule has 0 unspecified atom stereocenters. The smallest absolute Gasteiger partial charge is 0.167 e. The largest absolute Gasteiger partial charge is 0.455 e. The minimum Gasteiger partial charge on any atom is -0.455 e. The van der Waals surface area contributed by atoms with Gasteiger partial charge in [-0.3, -0.25) is 0 Å². The molecule has 10 aromatic rings. The van der Waals surface area contributed by atoms with E-state index in [0.29, 0.717) is 17.5 Å². The molecular formula is C42H24N4O2. The van der Waals surface area contributed by atoms with Crippen LogP contribution in [0.1, 0.15) is 0 Å². The van der Waals surface area contributed by atoms with Crippen molar-refractivity contribution < 1.29 is 8.83 Å². The normalized spacial score (nSPS) is 11.8. The SMILES string of the molecule is c1cc(-c2ccc3ccccc3n2)cc(-c2nc(-c3cccc4c3oc3ccccc34)nc(-c3cccc4c3oc3ccccc34)n2)c1. The van der Waals surface area contributed by atoms with Crippen molar-refractivity contribution in [1.82, 2.24) is 19.9 Å². The van der Waals surface area contributed by atoms with Crippen molar-refractivity contribution in [2.75, 3.05) is 0 Å². The fraction of sp³-hybridized carbons (Fsp3) is 0. The molecule has 0 saturated carbocycles. The predicted molar refractivity (Wildman–Crippen MR) is 191 cm³/mol. The topological polar surface area (TPSA) is 77.8 Å². The molecule has 6 nitrogen and oxygen atoms in total. The van der Waals surface area contributed by atoms with E-state index in [1.165, 1.54) is 0 Å². The summed E-state index contributed by atoms with van der Waals surface area (Å²) in [5.41, 5.74) is 8.33. The monoisotopic (exact) mass is 616 g/mol. The summed E-state index contributed by atoms with van der Waals surface area (Å²) in [5, 5.41) is 5.22. The molecule has 0 aliphatic heterocycles. The van der Waals surface area contributed by atoms with Crippen LogP contribution in [0.15, 0.2) is 154 Å². The molecule has 0 aliphatic rings. The molecule has 0 radical (unpaired) electrons. The van der Waals surface area contributed by atoms with Crippen molar-refractivity contribution in [2.24, 2.45) is 0 Å². The Morgan fingerprint density at radius 3 is 1.60 bits per heavy atom. The van der Waals surface area contributed by atoms with E-state index in [0.717, 1.165) is 82.7 Å². The molecule has 0 spiro atoms. The minimum absolute atomic E-state index is 0.516.